The van der Waals surface area contributed by atoms with Crippen molar-refractivity contribution in [3.8, 4) is 0 Å². The first-order valence-corrected chi connectivity index (χ1v) is 5.35. The minimum atomic E-state index is -4.72. The summed E-state index contributed by atoms with van der Waals surface area (Å²) in [5, 5.41) is 8.70. The van der Waals surface area contributed by atoms with Crippen LogP contribution in [0.1, 0.15) is 5.56 Å². The number of nitrogens with zero attached hydrogens (tertiary/aromatic N) is 1. The number of benzene rings is 1. The summed E-state index contributed by atoms with van der Waals surface area (Å²) in [6.07, 6.45) is -0.760. The van der Waals surface area contributed by atoms with E-state index in [0.717, 1.165) is 17.0 Å². The van der Waals surface area contributed by atoms with Gasteiger partial charge in [-0.15, -0.1) is 0 Å². The summed E-state index contributed by atoms with van der Waals surface area (Å²) in [7, 11) is 0. The van der Waals surface area contributed by atoms with Crippen molar-refractivity contribution < 1.29 is 13.2 Å². The molecule has 0 bridgehead atoms. The van der Waals surface area contributed by atoms with Crippen LogP contribution in [-0.2, 0) is 0 Å². The van der Waals surface area contributed by atoms with Crippen molar-refractivity contribution in [1.82, 2.24) is 4.98 Å². The van der Waals surface area contributed by atoms with E-state index in [4.69, 9.17) is 11.1 Å². The van der Waals surface area contributed by atoms with Gasteiger partial charge in [-0.2, -0.15) is 13.2 Å². The summed E-state index contributed by atoms with van der Waals surface area (Å²) in [5.74, 6) is 0. The molecule has 0 atom stereocenters. The summed E-state index contributed by atoms with van der Waals surface area (Å²) in [6.45, 7) is 0. The van der Waals surface area contributed by atoms with Crippen LogP contribution >= 0.6 is 0 Å². The largest absolute Gasteiger partial charge is 0.433 e. The lowest BCUT2D eigenvalue weighted by molar-refractivity contribution is -0.0578. The van der Waals surface area contributed by atoms with Crippen molar-refractivity contribution in [1.29, 1.82) is 5.41 Å². The van der Waals surface area contributed by atoms with Crippen LogP contribution in [-0.4, -0.2) is 16.9 Å². The highest BCUT2D eigenvalue weighted by Gasteiger charge is 2.36. The molecular formula is C13H10F3N3. The highest BCUT2D eigenvalue weighted by Crippen LogP contribution is 2.28. The fourth-order valence-corrected chi connectivity index (χ4v) is 1.73. The molecule has 98 valence electrons. The van der Waals surface area contributed by atoms with Crippen LogP contribution in [0.2, 0.25) is 0 Å². The number of aromatic nitrogens is 1. The molecule has 0 unspecified atom stereocenters. The number of rotatable bonds is 2. The number of allylic oxidation sites excluding steroid dienone is 1. The Kier molecular flexibility index (Phi) is 3.25. The van der Waals surface area contributed by atoms with Crippen LogP contribution < -0.4 is 5.73 Å². The second kappa shape index (κ2) is 4.72. The molecule has 0 aliphatic heterocycles. The average Bonchev–Trinajstić information content (AvgIpc) is 2.38. The number of hydrogen-bond acceptors (Lipinski definition) is 3. The SMILES string of the molecule is N=C(C(=CN)c1ccc2cnccc2c1)C(F)(F)F. The van der Waals surface area contributed by atoms with Crippen molar-refractivity contribution in [3.63, 3.8) is 0 Å². The zero-order valence-corrected chi connectivity index (χ0v) is 9.70. The molecule has 0 saturated heterocycles. The second-order valence-corrected chi connectivity index (χ2v) is 3.89. The van der Waals surface area contributed by atoms with Gasteiger partial charge in [-0.05, 0) is 23.1 Å². The molecule has 19 heavy (non-hydrogen) atoms. The minimum absolute atomic E-state index is 0.253. The van der Waals surface area contributed by atoms with E-state index in [1.165, 1.54) is 6.07 Å². The van der Waals surface area contributed by atoms with Crippen molar-refractivity contribution in [3.05, 3.63) is 48.4 Å². The van der Waals surface area contributed by atoms with Gasteiger partial charge in [0.25, 0.3) is 0 Å². The summed E-state index contributed by atoms with van der Waals surface area (Å²) >= 11 is 0. The molecule has 3 nitrogen and oxygen atoms in total. The lowest BCUT2D eigenvalue weighted by Crippen LogP contribution is -2.23. The fourth-order valence-electron chi connectivity index (χ4n) is 1.73. The molecule has 6 heteroatoms. The fraction of sp³-hybridized carbons (Fsp3) is 0.0769. The monoisotopic (exact) mass is 265 g/mol. The van der Waals surface area contributed by atoms with Gasteiger partial charge in [-0.25, -0.2) is 0 Å². The Hall–Kier alpha value is -2.37. The first-order chi connectivity index (χ1) is 8.93. The molecule has 1 aromatic heterocycles. The van der Waals surface area contributed by atoms with Crippen LogP contribution in [0.4, 0.5) is 13.2 Å². The molecule has 0 aliphatic carbocycles. The van der Waals surface area contributed by atoms with Gasteiger partial charge in [0, 0.05) is 29.6 Å². The summed E-state index contributed by atoms with van der Waals surface area (Å²) in [6, 6.07) is 6.37. The van der Waals surface area contributed by atoms with Crippen molar-refractivity contribution in [2.24, 2.45) is 5.73 Å². The van der Waals surface area contributed by atoms with Gasteiger partial charge in [0.1, 0.15) is 5.71 Å². The first kappa shape index (κ1) is 13.1. The molecule has 0 fully saturated rings. The molecule has 3 N–H and O–H groups in total. The van der Waals surface area contributed by atoms with E-state index in [1.54, 1.807) is 30.6 Å². The lowest BCUT2D eigenvalue weighted by Gasteiger charge is -2.12. The first-order valence-electron chi connectivity index (χ1n) is 5.35. The van der Waals surface area contributed by atoms with Crippen LogP contribution in [0, 0.1) is 5.41 Å². The van der Waals surface area contributed by atoms with Crippen LogP contribution in [0.5, 0.6) is 0 Å². The second-order valence-electron chi connectivity index (χ2n) is 3.89. The van der Waals surface area contributed by atoms with E-state index in [-0.39, 0.29) is 11.1 Å². The van der Waals surface area contributed by atoms with Crippen LogP contribution in [0.3, 0.4) is 0 Å². The highest BCUT2D eigenvalue weighted by atomic mass is 19.4. The predicted octanol–water partition coefficient (Wildman–Crippen LogP) is 3.12. The van der Waals surface area contributed by atoms with E-state index in [2.05, 4.69) is 4.98 Å². The third-order valence-electron chi connectivity index (χ3n) is 2.67. The van der Waals surface area contributed by atoms with Gasteiger partial charge in [0.05, 0.1) is 0 Å². The van der Waals surface area contributed by atoms with E-state index >= 15 is 0 Å². The highest BCUT2D eigenvalue weighted by molar-refractivity contribution is 6.25. The maximum atomic E-state index is 12.6. The number of nitrogens with one attached hydrogen (secondary N) is 1. The number of halogens is 3. The topological polar surface area (TPSA) is 62.8 Å². The Balaban J connectivity index is 2.51. The molecular weight excluding hydrogens is 255 g/mol. The molecule has 0 radical (unpaired) electrons. The molecule has 0 aliphatic rings. The molecule has 2 aromatic rings. The molecule has 0 spiro atoms. The average molecular weight is 265 g/mol. The van der Waals surface area contributed by atoms with Gasteiger partial charge in [-0.3, -0.25) is 10.4 Å². The minimum Gasteiger partial charge on any atom is -0.404 e. The smallest absolute Gasteiger partial charge is 0.404 e. The maximum absolute atomic E-state index is 12.6. The van der Waals surface area contributed by atoms with Gasteiger partial charge in [-0.1, -0.05) is 12.1 Å². The zero-order chi connectivity index (χ0) is 14.0. The van der Waals surface area contributed by atoms with Crippen molar-refractivity contribution in [2.45, 2.75) is 6.18 Å². The van der Waals surface area contributed by atoms with Crippen LogP contribution in [0.15, 0.2) is 42.9 Å². The molecule has 1 aromatic carbocycles. The van der Waals surface area contributed by atoms with E-state index < -0.39 is 11.9 Å². The van der Waals surface area contributed by atoms with E-state index in [0.29, 0.717) is 0 Å². The third-order valence-corrected chi connectivity index (χ3v) is 2.67. The third kappa shape index (κ3) is 2.57. The number of alkyl halides is 3. The molecule has 0 saturated carbocycles. The number of hydrogen-bond donors (Lipinski definition) is 2. The Morgan fingerprint density at radius 1 is 1.21 bits per heavy atom. The Bertz CT molecular complexity index is 659. The van der Waals surface area contributed by atoms with Gasteiger partial charge in [0.2, 0.25) is 0 Å². The zero-order valence-electron chi connectivity index (χ0n) is 9.70. The van der Waals surface area contributed by atoms with Gasteiger partial charge in [0.15, 0.2) is 0 Å². The Morgan fingerprint density at radius 2 is 1.95 bits per heavy atom. The lowest BCUT2D eigenvalue weighted by atomic mass is 9.99. The predicted molar refractivity (Wildman–Crippen MR) is 67.7 cm³/mol. The Labute approximate surface area is 107 Å². The van der Waals surface area contributed by atoms with Crippen molar-refractivity contribution >= 4 is 22.1 Å². The quantitative estimate of drug-likeness (QED) is 0.819. The summed E-state index contributed by atoms with van der Waals surface area (Å²) in [5.41, 5.74) is 3.69. The summed E-state index contributed by atoms with van der Waals surface area (Å²) < 4.78 is 37.7. The molecule has 2 rings (SSSR count). The molecule has 0 amide bonds. The number of pyridine rings is 1. The maximum Gasteiger partial charge on any atom is 0.433 e. The van der Waals surface area contributed by atoms with Crippen LogP contribution in [0.25, 0.3) is 16.3 Å². The number of nitrogens with two attached hydrogens (primary N) is 1. The standard InChI is InChI=1S/C13H10F3N3/c14-13(15,16)12(18)11(6-17)9-1-2-10-7-19-4-3-8(10)5-9/h1-7,18H,17H2. The molecule has 1 heterocycles. The van der Waals surface area contributed by atoms with E-state index in [1.807, 2.05) is 0 Å². The van der Waals surface area contributed by atoms with Gasteiger partial charge >= 0.3 is 6.18 Å². The summed E-state index contributed by atoms with van der Waals surface area (Å²) in [4.78, 5) is 3.92. The van der Waals surface area contributed by atoms with E-state index in [9.17, 15) is 13.2 Å². The Morgan fingerprint density at radius 3 is 2.58 bits per heavy atom. The normalized spacial score (nSPS) is 12.7. The van der Waals surface area contributed by atoms with Gasteiger partial charge < -0.3 is 5.73 Å². The van der Waals surface area contributed by atoms with Crippen molar-refractivity contribution in [2.75, 3.05) is 0 Å². The number of fused-ring (bicyclic) bond motifs is 1.